The predicted molar refractivity (Wildman–Crippen MR) is 190 cm³/mol. The van der Waals surface area contributed by atoms with E-state index < -0.39 is 0 Å². The highest BCUT2D eigenvalue weighted by molar-refractivity contribution is 5.77. The zero-order valence-corrected chi connectivity index (χ0v) is 29.7. The van der Waals surface area contributed by atoms with E-state index in [2.05, 4.69) is 54.2 Å². The second-order valence-corrected chi connectivity index (χ2v) is 10.3. The lowest BCUT2D eigenvalue weighted by Gasteiger charge is -2.32. The number of amides is 1. The molecule has 0 bridgehead atoms. The Balaban J connectivity index is 0. The third-order valence-corrected chi connectivity index (χ3v) is 6.33. The van der Waals surface area contributed by atoms with Gasteiger partial charge >= 0.3 is 0 Å². The van der Waals surface area contributed by atoms with Crippen LogP contribution in [0.1, 0.15) is 59.1 Å². The lowest BCUT2D eigenvalue weighted by atomic mass is 10.1. The van der Waals surface area contributed by atoms with Crippen molar-refractivity contribution in [3.63, 3.8) is 0 Å². The molecule has 1 amide bonds. The first kappa shape index (κ1) is 44.5. The maximum atomic E-state index is 12.9. The predicted octanol–water partition coefficient (Wildman–Crippen LogP) is 6.79. The van der Waals surface area contributed by atoms with Crippen LogP contribution < -0.4 is 10.6 Å². The smallest absolute Gasteiger partial charge is 0.236 e. The third-order valence-electron chi connectivity index (χ3n) is 6.33. The Labute approximate surface area is 278 Å². The van der Waals surface area contributed by atoms with Crippen LogP contribution >= 0.6 is 0 Å². The second kappa shape index (κ2) is 28.8. The Kier molecular flexibility index (Phi) is 27.8. The lowest BCUT2D eigenvalue weighted by molar-refractivity contribution is -0.128. The highest BCUT2D eigenvalue weighted by atomic mass is 19.1. The van der Waals surface area contributed by atoms with Crippen LogP contribution in [-0.2, 0) is 22.6 Å². The van der Waals surface area contributed by atoms with Gasteiger partial charge in [-0.25, -0.2) is 13.8 Å². The van der Waals surface area contributed by atoms with Crippen molar-refractivity contribution in [3.05, 3.63) is 108 Å². The van der Waals surface area contributed by atoms with Crippen LogP contribution in [0.2, 0.25) is 0 Å². The molecule has 258 valence electrons. The standard InChI is InChI=1S/C19H29FN4O2.C8H10FN.C8H14.C2H6/c1-5-24(16(2)15-25)23(4)14-19(26)21-11-13-22(3)12-10-17-6-8-18(20)9-7-17;1-10-6-7-2-4-8(9)5-3-7;1-4-6-8(3)7-5-2;1-2/h5-9,15-16H,1,10-14H2,2-4H3,(H,21,26);2-5,10H,6H2,1H3;4,6-7H,5H2,1-3H3;1-2H3/b;;6-4-,8-7-;. The van der Waals surface area contributed by atoms with Gasteiger partial charge in [-0.1, -0.05) is 75.4 Å². The summed E-state index contributed by atoms with van der Waals surface area (Å²) in [7, 11) is 5.58. The van der Waals surface area contributed by atoms with E-state index in [1.165, 1.54) is 36.0 Å². The van der Waals surface area contributed by atoms with Crippen molar-refractivity contribution in [3.8, 4) is 0 Å². The summed E-state index contributed by atoms with van der Waals surface area (Å²) in [5.74, 6) is -0.531. The fourth-order valence-electron chi connectivity index (χ4n) is 3.95. The van der Waals surface area contributed by atoms with E-state index in [4.69, 9.17) is 0 Å². The summed E-state index contributed by atoms with van der Waals surface area (Å²) in [6.07, 6.45) is 10.7. The number of nitrogens with zero attached hydrogens (tertiary/aromatic N) is 3. The molecule has 2 rings (SSSR count). The van der Waals surface area contributed by atoms with Crippen LogP contribution in [0.15, 0.2) is 85.1 Å². The average Bonchev–Trinajstić information content (AvgIpc) is 3.04. The summed E-state index contributed by atoms with van der Waals surface area (Å²) in [5, 5.41) is 9.11. The van der Waals surface area contributed by atoms with Crippen molar-refractivity contribution in [2.75, 3.05) is 47.3 Å². The molecule has 0 spiro atoms. The van der Waals surface area contributed by atoms with Crippen LogP contribution in [0, 0.1) is 11.6 Å². The van der Waals surface area contributed by atoms with E-state index in [1.807, 2.05) is 34.9 Å². The largest absolute Gasteiger partial charge is 0.354 e. The molecule has 0 aliphatic rings. The Hall–Kier alpha value is -3.66. The first-order chi connectivity index (χ1) is 22.0. The van der Waals surface area contributed by atoms with Crippen molar-refractivity contribution < 1.29 is 18.4 Å². The van der Waals surface area contributed by atoms with E-state index in [1.54, 1.807) is 48.3 Å². The molecule has 1 atom stereocenters. The number of hydrogen-bond donors (Lipinski definition) is 2. The maximum Gasteiger partial charge on any atom is 0.236 e. The van der Waals surface area contributed by atoms with E-state index in [9.17, 15) is 18.4 Å². The molecule has 0 saturated heterocycles. The maximum absolute atomic E-state index is 12.9. The van der Waals surface area contributed by atoms with Crippen molar-refractivity contribution in [1.29, 1.82) is 0 Å². The fraction of sp³-hybridized carbons (Fsp3) is 0.459. The molecule has 0 aliphatic carbocycles. The molecular formula is C37H59F2N5O2. The fourth-order valence-corrected chi connectivity index (χ4v) is 3.95. The van der Waals surface area contributed by atoms with Gasteiger partial charge in [0.2, 0.25) is 5.91 Å². The minimum atomic E-state index is -0.372. The Morgan fingerprint density at radius 2 is 1.52 bits per heavy atom. The summed E-state index contributed by atoms with van der Waals surface area (Å²) in [6.45, 7) is 18.7. The van der Waals surface area contributed by atoms with Gasteiger partial charge in [-0.2, -0.15) is 0 Å². The molecule has 0 fully saturated rings. The van der Waals surface area contributed by atoms with Crippen LogP contribution in [0.5, 0.6) is 0 Å². The van der Waals surface area contributed by atoms with Crippen LogP contribution in [-0.4, -0.2) is 80.5 Å². The van der Waals surface area contributed by atoms with Gasteiger partial charge < -0.3 is 25.3 Å². The Morgan fingerprint density at radius 1 is 0.978 bits per heavy atom. The number of rotatable bonds is 16. The zero-order chi connectivity index (χ0) is 35.3. The summed E-state index contributed by atoms with van der Waals surface area (Å²) in [6, 6.07) is 12.6. The highest BCUT2D eigenvalue weighted by Crippen LogP contribution is 2.04. The SMILES string of the molecule is C/C=C\C(C)=C/CC.C=CN(C(C)C=O)N(C)CC(=O)NCCN(C)CCc1ccc(F)cc1.CC.CNCc1ccc(F)cc1. The molecule has 7 nitrogen and oxygen atoms in total. The summed E-state index contributed by atoms with van der Waals surface area (Å²) >= 11 is 0. The van der Waals surface area contributed by atoms with Crippen molar-refractivity contribution in [2.45, 2.75) is 67.0 Å². The number of carbonyl (C=O) groups excluding carboxylic acids is 2. The molecule has 46 heavy (non-hydrogen) atoms. The molecule has 9 heteroatoms. The minimum absolute atomic E-state index is 0.121. The molecule has 0 aliphatic heterocycles. The number of allylic oxidation sites excluding steroid dienone is 4. The molecular weight excluding hydrogens is 584 g/mol. The van der Waals surface area contributed by atoms with Gasteiger partial charge in [-0.3, -0.25) is 4.79 Å². The molecule has 0 saturated carbocycles. The third kappa shape index (κ3) is 22.8. The molecule has 1 unspecified atom stereocenters. The van der Waals surface area contributed by atoms with Crippen molar-refractivity contribution >= 4 is 12.2 Å². The van der Waals surface area contributed by atoms with Gasteiger partial charge in [0.15, 0.2) is 0 Å². The van der Waals surface area contributed by atoms with Gasteiger partial charge in [0.1, 0.15) is 17.9 Å². The average molecular weight is 644 g/mol. The number of carbonyl (C=O) groups is 2. The van der Waals surface area contributed by atoms with E-state index in [-0.39, 0.29) is 30.1 Å². The number of nitrogens with one attached hydrogen (secondary N) is 2. The van der Waals surface area contributed by atoms with Crippen molar-refractivity contribution in [1.82, 2.24) is 25.6 Å². The first-order valence-electron chi connectivity index (χ1n) is 16.0. The Morgan fingerprint density at radius 3 is 1.98 bits per heavy atom. The zero-order valence-electron chi connectivity index (χ0n) is 29.7. The molecule has 0 aromatic heterocycles. The second-order valence-electron chi connectivity index (χ2n) is 10.3. The Bertz CT molecular complexity index is 1120. The van der Waals surface area contributed by atoms with Gasteiger partial charge in [-0.05, 0) is 83.1 Å². The summed E-state index contributed by atoms with van der Waals surface area (Å²) in [4.78, 5) is 25.0. The monoisotopic (exact) mass is 643 g/mol. The molecule has 0 heterocycles. The molecule has 0 radical (unpaired) electrons. The summed E-state index contributed by atoms with van der Waals surface area (Å²) < 4.78 is 25.2. The van der Waals surface area contributed by atoms with Crippen molar-refractivity contribution in [2.24, 2.45) is 0 Å². The number of hydrazine groups is 1. The van der Waals surface area contributed by atoms with Crippen LogP contribution in [0.4, 0.5) is 8.78 Å². The summed E-state index contributed by atoms with van der Waals surface area (Å²) in [5.41, 5.74) is 3.54. The quantitative estimate of drug-likeness (QED) is 0.119. The molecule has 2 N–H and O–H groups in total. The topological polar surface area (TPSA) is 67.9 Å². The molecule has 2 aromatic rings. The van der Waals surface area contributed by atoms with E-state index in [0.717, 1.165) is 43.3 Å². The van der Waals surface area contributed by atoms with E-state index in [0.29, 0.717) is 13.1 Å². The van der Waals surface area contributed by atoms with Crippen LogP contribution in [0.3, 0.4) is 0 Å². The van der Waals surface area contributed by atoms with E-state index >= 15 is 0 Å². The first-order valence-corrected chi connectivity index (χ1v) is 16.0. The van der Waals surface area contributed by atoms with Gasteiger partial charge in [0.05, 0.1) is 12.6 Å². The number of aldehydes is 1. The van der Waals surface area contributed by atoms with Gasteiger partial charge in [0, 0.05) is 39.4 Å². The number of benzene rings is 2. The number of halogens is 2. The minimum Gasteiger partial charge on any atom is -0.354 e. The van der Waals surface area contributed by atoms with Gasteiger partial charge in [0.25, 0.3) is 0 Å². The van der Waals surface area contributed by atoms with Gasteiger partial charge in [-0.15, -0.1) is 0 Å². The lowest BCUT2D eigenvalue weighted by Crippen LogP contribution is -2.47. The normalized spacial score (nSPS) is 11.4. The number of hydrogen-bond acceptors (Lipinski definition) is 6. The van der Waals surface area contributed by atoms with Crippen LogP contribution in [0.25, 0.3) is 0 Å². The number of likely N-dealkylation sites (N-methyl/N-ethyl adjacent to an activating group) is 2. The molecule has 2 aromatic carbocycles. The highest BCUT2D eigenvalue weighted by Gasteiger charge is 2.16.